The van der Waals surface area contributed by atoms with E-state index < -0.39 is 17.2 Å². The smallest absolute Gasteiger partial charge is 0.341 e. The van der Waals surface area contributed by atoms with Gasteiger partial charge in [0.15, 0.2) is 11.5 Å². The molecule has 6 heteroatoms. The summed E-state index contributed by atoms with van der Waals surface area (Å²) in [5, 5.41) is 9.01. The Hall–Kier alpha value is -2.21. The van der Waals surface area contributed by atoms with Gasteiger partial charge < -0.3 is 15.4 Å². The molecule has 0 atom stereocenters. The Morgan fingerprint density at radius 2 is 2.17 bits per heavy atom. The number of carbonyl (C=O) groups is 1. The van der Waals surface area contributed by atoms with E-state index >= 15 is 0 Å². The standard InChI is InChI=1S/C12H11FN2O3/c1-2-15-5-7(12(17)18)11(16)6-3-8(13)9(14)4-10(6)15/h3-5H,2,14H2,1H3,(H,17,18)/p+1. The Labute approximate surface area is 101 Å². The van der Waals surface area contributed by atoms with Crippen molar-refractivity contribution in [1.82, 2.24) is 4.57 Å². The van der Waals surface area contributed by atoms with Crippen LogP contribution in [0.4, 0.5) is 10.1 Å². The molecule has 0 bridgehead atoms. The van der Waals surface area contributed by atoms with Crippen molar-refractivity contribution in [2.24, 2.45) is 0 Å². The fraction of sp³-hybridized carbons (Fsp3) is 0.167. The Morgan fingerprint density at radius 1 is 1.50 bits per heavy atom. The zero-order valence-electron chi connectivity index (χ0n) is 9.74. The van der Waals surface area contributed by atoms with Crippen LogP contribution in [0.15, 0.2) is 23.1 Å². The number of benzene rings is 1. The van der Waals surface area contributed by atoms with Crippen LogP contribution in [0.1, 0.15) is 17.3 Å². The summed E-state index contributed by atoms with van der Waals surface area (Å²) < 4.78 is 15.0. The number of rotatable bonds is 2. The lowest BCUT2D eigenvalue weighted by Gasteiger charge is -2.10. The maximum absolute atomic E-state index is 13.4. The van der Waals surface area contributed by atoms with Crippen LogP contribution in [0.3, 0.4) is 0 Å². The molecule has 2 rings (SSSR count). The highest BCUT2D eigenvalue weighted by molar-refractivity contribution is 5.93. The maximum atomic E-state index is 13.4. The van der Waals surface area contributed by atoms with Crippen molar-refractivity contribution in [3.05, 3.63) is 39.9 Å². The fourth-order valence-corrected chi connectivity index (χ4v) is 1.87. The number of pyridine rings is 1. The largest absolute Gasteiger partial charge is 0.477 e. The fourth-order valence-electron chi connectivity index (χ4n) is 1.87. The van der Waals surface area contributed by atoms with Crippen molar-refractivity contribution < 1.29 is 20.0 Å². The van der Waals surface area contributed by atoms with Crippen LogP contribution < -0.4 is 11.2 Å². The van der Waals surface area contributed by atoms with Gasteiger partial charge in [-0.3, -0.25) is 4.79 Å². The van der Waals surface area contributed by atoms with Gasteiger partial charge in [0.25, 0.3) is 0 Å². The van der Waals surface area contributed by atoms with Gasteiger partial charge in [0, 0.05) is 24.2 Å². The number of hydrogen-bond acceptors (Lipinski definition) is 2. The molecular formula is C12H12FN2O3+. The number of hydrogen-bond donors (Lipinski definition) is 2. The van der Waals surface area contributed by atoms with Gasteiger partial charge in [0.05, 0.1) is 5.52 Å². The molecule has 4 N–H and O–H groups in total. The number of nitrogens with zero attached hydrogens (tertiary/aromatic N) is 1. The van der Waals surface area contributed by atoms with Crippen molar-refractivity contribution in [3.8, 4) is 0 Å². The zero-order chi connectivity index (χ0) is 13.4. The van der Waals surface area contributed by atoms with E-state index in [1.165, 1.54) is 12.3 Å². The number of carboxylic acid groups (broad SMARTS) is 1. The van der Waals surface area contributed by atoms with Crippen molar-refractivity contribution in [3.63, 3.8) is 0 Å². The number of aryl methyl sites for hydroxylation is 1. The number of halogens is 1. The Kier molecular flexibility index (Phi) is 2.88. The molecule has 0 unspecified atom stereocenters. The summed E-state index contributed by atoms with van der Waals surface area (Å²) in [6.07, 6.45) is 1.27. The normalized spacial score (nSPS) is 10.8. The first kappa shape index (κ1) is 12.3. The molecule has 18 heavy (non-hydrogen) atoms. The average molecular weight is 251 g/mol. The number of quaternary nitrogens is 1. The molecule has 0 amide bonds. The van der Waals surface area contributed by atoms with E-state index in [4.69, 9.17) is 5.11 Å². The molecule has 94 valence electrons. The maximum Gasteiger partial charge on any atom is 0.341 e. The molecule has 0 radical (unpaired) electrons. The van der Waals surface area contributed by atoms with E-state index in [9.17, 15) is 14.0 Å². The molecule has 5 nitrogen and oxygen atoms in total. The van der Waals surface area contributed by atoms with Crippen molar-refractivity contribution in [2.45, 2.75) is 13.5 Å². The minimum Gasteiger partial charge on any atom is -0.477 e. The minimum atomic E-state index is -1.32. The second-order valence-electron chi connectivity index (χ2n) is 3.92. The van der Waals surface area contributed by atoms with E-state index in [0.717, 1.165) is 6.07 Å². The Bertz CT molecular complexity index is 707. The van der Waals surface area contributed by atoms with Crippen LogP contribution in [0.25, 0.3) is 10.9 Å². The third kappa shape index (κ3) is 1.76. The van der Waals surface area contributed by atoms with Crippen molar-refractivity contribution >= 4 is 22.6 Å². The Morgan fingerprint density at radius 3 is 2.72 bits per heavy atom. The van der Waals surface area contributed by atoms with Crippen molar-refractivity contribution in [2.75, 3.05) is 0 Å². The monoisotopic (exact) mass is 251 g/mol. The number of aromatic carboxylic acids is 1. The minimum absolute atomic E-state index is 0.0571. The molecule has 0 aliphatic heterocycles. The summed E-state index contributed by atoms with van der Waals surface area (Å²) in [6, 6.07) is 2.49. The number of carboxylic acids is 1. The quantitative estimate of drug-likeness (QED) is 0.824. The summed E-state index contributed by atoms with van der Waals surface area (Å²) in [5.74, 6) is -1.94. The third-order valence-electron chi connectivity index (χ3n) is 2.82. The molecule has 1 aromatic carbocycles. The molecule has 0 saturated carbocycles. The summed E-state index contributed by atoms with van der Waals surface area (Å²) in [6.45, 7) is 2.28. The Balaban J connectivity index is 2.99. The zero-order valence-corrected chi connectivity index (χ0v) is 9.74. The van der Waals surface area contributed by atoms with Crippen LogP contribution in [-0.4, -0.2) is 15.6 Å². The van der Waals surface area contributed by atoms with E-state index in [1.807, 2.05) is 6.92 Å². The molecular weight excluding hydrogens is 239 g/mol. The van der Waals surface area contributed by atoms with Crippen LogP contribution in [0, 0.1) is 5.82 Å². The summed E-state index contributed by atoms with van der Waals surface area (Å²) >= 11 is 0. The van der Waals surface area contributed by atoms with Crippen molar-refractivity contribution in [1.29, 1.82) is 0 Å². The van der Waals surface area contributed by atoms with Gasteiger partial charge in [0.2, 0.25) is 5.43 Å². The summed E-state index contributed by atoms with van der Waals surface area (Å²) in [4.78, 5) is 22.9. The van der Waals surface area contributed by atoms with Crippen LogP contribution in [0.5, 0.6) is 0 Å². The first-order valence-electron chi connectivity index (χ1n) is 5.37. The highest BCUT2D eigenvalue weighted by atomic mass is 19.1. The molecule has 0 saturated heterocycles. The van der Waals surface area contributed by atoms with Gasteiger partial charge in [-0.05, 0) is 13.0 Å². The average Bonchev–Trinajstić information content (AvgIpc) is 2.32. The number of aromatic nitrogens is 1. The van der Waals surface area contributed by atoms with Gasteiger partial charge in [-0.25, -0.2) is 9.18 Å². The van der Waals surface area contributed by atoms with Gasteiger partial charge in [0.1, 0.15) is 5.56 Å². The highest BCUT2D eigenvalue weighted by Crippen LogP contribution is 2.18. The SMILES string of the molecule is CCn1cc(C(=O)O)c(=O)c2cc(F)c([NH3+])cc21. The lowest BCUT2D eigenvalue weighted by molar-refractivity contribution is -0.258. The topological polar surface area (TPSA) is 86.9 Å². The van der Waals surface area contributed by atoms with Gasteiger partial charge in [-0.2, -0.15) is 0 Å². The highest BCUT2D eigenvalue weighted by Gasteiger charge is 2.16. The third-order valence-corrected chi connectivity index (χ3v) is 2.82. The number of fused-ring (bicyclic) bond motifs is 1. The van der Waals surface area contributed by atoms with Crippen LogP contribution in [-0.2, 0) is 6.54 Å². The predicted molar refractivity (Wildman–Crippen MR) is 63.3 cm³/mol. The van der Waals surface area contributed by atoms with E-state index in [0.29, 0.717) is 12.1 Å². The second kappa shape index (κ2) is 4.23. The summed E-state index contributed by atoms with van der Waals surface area (Å²) in [5.41, 5.74) is 3.14. The van der Waals surface area contributed by atoms with Gasteiger partial charge >= 0.3 is 5.97 Å². The lowest BCUT2D eigenvalue weighted by Crippen LogP contribution is -2.41. The molecule has 0 aliphatic carbocycles. The van der Waals surface area contributed by atoms with Gasteiger partial charge in [-0.15, -0.1) is 0 Å². The molecule has 0 aliphatic rings. The lowest BCUT2D eigenvalue weighted by atomic mass is 10.1. The molecule has 1 heterocycles. The van der Waals surface area contributed by atoms with Crippen LogP contribution >= 0.6 is 0 Å². The van der Waals surface area contributed by atoms with E-state index in [-0.39, 0.29) is 16.6 Å². The van der Waals surface area contributed by atoms with E-state index in [2.05, 4.69) is 5.73 Å². The van der Waals surface area contributed by atoms with E-state index in [1.54, 1.807) is 4.57 Å². The molecule has 1 aromatic heterocycles. The molecule has 0 fully saturated rings. The second-order valence-corrected chi connectivity index (χ2v) is 3.92. The first-order chi connectivity index (χ1) is 8.45. The first-order valence-corrected chi connectivity index (χ1v) is 5.37. The predicted octanol–water partition coefficient (Wildman–Crippen LogP) is 0.732. The van der Waals surface area contributed by atoms with Gasteiger partial charge in [-0.1, -0.05) is 0 Å². The molecule has 0 spiro atoms. The van der Waals surface area contributed by atoms with Crippen LogP contribution in [0.2, 0.25) is 0 Å². The summed E-state index contributed by atoms with van der Waals surface area (Å²) in [7, 11) is 0. The molecule has 2 aromatic rings.